The molecule has 0 unspecified atom stereocenters. The summed E-state index contributed by atoms with van der Waals surface area (Å²) in [6, 6.07) is 3.22. The zero-order chi connectivity index (χ0) is 11.4. The second kappa shape index (κ2) is 4.68. The number of carbonyl (C=O) groups excluding carboxylic acids is 1. The zero-order valence-electron chi connectivity index (χ0n) is 8.99. The predicted molar refractivity (Wildman–Crippen MR) is 55.8 cm³/mol. The van der Waals surface area contributed by atoms with Crippen molar-refractivity contribution < 1.29 is 19.0 Å². The molecule has 1 rings (SSSR count). The van der Waals surface area contributed by atoms with Crippen LogP contribution in [0.4, 0.5) is 0 Å². The fourth-order valence-electron chi connectivity index (χ4n) is 1.28. The summed E-state index contributed by atoms with van der Waals surface area (Å²) < 4.78 is 15.2. The van der Waals surface area contributed by atoms with Gasteiger partial charge in [0.2, 0.25) is 0 Å². The Balaban J connectivity index is 3.39. The van der Waals surface area contributed by atoms with Gasteiger partial charge in [-0.15, -0.1) is 0 Å². The van der Waals surface area contributed by atoms with Gasteiger partial charge in [0.15, 0.2) is 5.78 Å². The highest BCUT2D eigenvalue weighted by Crippen LogP contribution is 2.33. The zero-order valence-corrected chi connectivity index (χ0v) is 8.99. The van der Waals surface area contributed by atoms with Gasteiger partial charge in [0, 0.05) is 19.1 Å². The van der Waals surface area contributed by atoms with Crippen molar-refractivity contribution in [2.24, 2.45) is 0 Å². The number of hydrogen-bond donors (Lipinski definition) is 0. The molecular weight excluding hydrogens is 196 g/mol. The average molecular weight is 209 g/mol. The van der Waals surface area contributed by atoms with Gasteiger partial charge in [-0.1, -0.05) is 0 Å². The molecule has 81 valence electrons. The van der Waals surface area contributed by atoms with Crippen molar-refractivity contribution in [3.8, 4) is 17.2 Å². The molecule has 0 atom stereocenters. The maximum absolute atomic E-state index is 11.3. The summed E-state index contributed by atoms with van der Waals surface area (Å²) in [5.74, 6) is 0.998. The second-order valence-corrected chi connectivity index (χ2v) is 2.83. The van der Waals surface area contributed by atoms with Crippen LogP contribution >= 0.6 is 0 Å². The van der Waals surface area contributed by atoms with Gasteiger partial charge in [-0.3, -0.25) is 4.79 Å². The lowest BCUT2D eigenvalue weighted by atomic mass is 10.1. The van der Waals surface area contributed by atoms with Gasteiger partial charge in [-0.05, 0) is 0 Å². The van der Waals surface area contributed by atoms with E-state index in [1.54, 1.807) is 12.1 Å². The minimum absolute atomic E-state index is 0.320. The Hall–Kier alpha value is -1.71. The standard InChI is InChI=1S/C11H13O4/c1-7(12)11-9(14-3)5-8(13-2)6-10(11)15-4/h5-6H,1H2,2-4H3. The highest BCUT2D eigenvalue weighted by Gasteiger charge is 2.16. The van der Waals surface area contributed by atoms with E-state index in [0.717, 1.165) is 0 Å². The molecule has 0 spiro atoms. The van der Waals surface area contributed by atoms with Gasteiger partial charge >= 0.3 is 0 Å². The van der Waals surface area contributed by atoms with E-state index in [1.807, 2.05) is 0 Å². The highest BCUT2D eigenvalue weighted by molar-refractivity contribution is 6.04. The van der Waals surface area contributed by atoms with Crippen LogP contribution in [0.5, 0.6) is 17.2 Å². The summed E-state index contributed by atoms with van der Waals surface area (Å²) in [6.45, 7) is 3.34. The van der Waals surface area contributed by atoms with Gasteiger partial charge in [0.25, 0.3) is 0 Å². The average Bonchev–Trinajstić information content (AvgIpc) is 2.26. The summed E-state index contributed by atoms with van der Waals surface area (Å²) in [6.07, 6.45) is 0. The van der Waals surface area contributed by atoms with Gasteiger partial charge in [0.1, 0.15) is 22.8 Å². The third-order valence-electron chi connectivity index (χ3n) is 1.99. The Morgan fingerprint density at radius 1 is 1.07 bits per heavy atom. The maximum Gasteiger partial charge on any atom is 0.170 e. The monoisotopic (exact) mass is 209 g/mol. The molecule has 1 radical (unpaired) electrons. The Morgan fingerprint density at radius 3 is 1.80 bits per heavy atom. The van der Waals surface area contributed by atoms with E-state index in [9.17, 15) is 4.79 Å². The molecule has 0 aliphatic heterocycles. The third-order valence-corrected chi connectivity index (χ3v) is 1.99. The van der Waals surface area contributed by atoms with Crippen LogP contribution < -0.4 is 14.2 Å². The molecule has 4 heteroatoms. The SMILES string of the molecule is [CH2]C(=O)c1c(OC)cc(OC)cc1OC. The van der Waals surface area contributed by atoms with Crippen LogP contribution in [-0.2, 0) is 0 Å². The normalized spacial score (nSPS) is 9.60. The highest BCUT2D eigenvalue weighted by atomic mass is 16.5. The third kappa shape index (κ3) is 2.21. The molecule has 4 nitrogen and oxygen atoms in total. The second-order valence-electron chi connectivity index (χ2n) is 2.83. The van der Waals surface area contributed by atoms with Gasteiger partial charge in [0.05, 0.1) is 21.3 Å². The van der Waals surface area contributed by atoms with E-state index in [0.29, 0.717) is 22.8 Å². The van der Waals surface area contributed by atoms with Crippen LogP contribution in [0.25, 0.3) is 0 Å². The first-order chi connectivity index (χ1) is 7.13. The smallest absolute Gasteiger partial charge is 0.170 e. The summed E-state index contributed by atoms with van der Waals surface area (Å²) in [5, 5.41) is 0. The number of rotatable bonds is 4. The van der Waals surface area contributed by atoms with Gasteiger partial charge in [-0.25, -0.2) is 0 Å². The molecule has 0 fully saturated rings. The van der Waals surface area contributed by atoms with Crippen LogP contribution in [0, 0.1) is 6.92 Å². The van der Waals surface area contributed by atoms with Crippen molar-refractivity contribution in [2.45, 2.75) is 0 Å². The molecule has 1 aromatic carbocycles. The summed E-state index contributed by atoms with van der Waals surface area (Å²) in [4.78, 5) is 11.3. The molecule has 0 aliphatic rings. The first-order valence-corrected chi connectivity index (χ1v) is 4.30. The molecule has 0 saturated heterocycles. The fourth-order valence-corrected chi connectivity index (χ4v) is 1.28. The number of hydrogen-bond acceptors (Lipinski definition) is 4. The van der Waals surface area contributed by atoms with Crippen molar-refractivity contribution in [1.29, 1.82) is 0 Å². The fraction of sp³-hybridized carbons (Fsp3) is 0.273. The predicted octanol–water partition coefficient (Wildman–Crippen LogP) is 1.73. The summed E-state index contributed by atoms with van der Waals surface area (Å²) >= 11 is 0. The molecule has 0 bridgehead atoms. The minimum atomic E-state index is -0.355. The molecule has 0 aromatic heterocycles. The van der Waals surface area contributed by atoms with E-state index in [4.69, 9.17) is 14.2 Å². The van der Waals surface area contributed by atoms with Crippen LogP contribution in [-0.4, -0.2) is 27.1 Å². The summed E-state index contributed by atoms with van der Waals surface area (Å²) in [7, 11) is 4.47. The van der Waals surface area contributed by atoms with E-state index < -0.39 is 0 Å². The van der Waals surface area contributed by atoms with Crippen LogP contribution in [0.2, 0.25) is 0 Å². The van der Waals surface area contributed by atoms with Crippen molar-refractivity contribution in [3.05, 3.63) is 24.6 Å². The van der Waals surface area contributed by atoms with Crippen LogP contribution in [0.15, 0.2) is 12.1 Å². The molecule has 0 N–H and O–H groups in total. The largest absolute Gasteiger partial charge is 0.496 e. The number of Topliss-reactive ketones (excluding diaryl/α,β-unsaturated/α-hetero) is 1. The molecule has 0 aliphatic carbocycles. The molecule has 1 aromatic rings. The lowest BCUT2D eigenvalue weighted by Gasteiger charge is -2.12. The van der Waals surface area contributed by atoms with Gasteiger partial charge < -0.3 is 14.2 Å². The lowest BCUT2D eigenvalue weighted by molar-refractivity contribution is 0.103. The Bertz CT molecular complexity index is 346. The van der Waals surface area contributed by atoms with E-state index in [-0.39, 0.29) is 5.78 Å². The molecule has 0 amide bonds. The van der Waals surface area contributed by atoms with E-state index in [2.05, 4.69) is 6.92 Å². The van der Waals surface area contributed by atoms with Crippen molar-refractivity contribution in [2.75, 3.05) is 21.3 Å². The molecular formula is C11H13O4. The molecule has 0 heterocycles. The first-order valence-electron chi connectivity index (χ1n) is 4.30. The minimum Gasteiger partial charge on any atom is -0.496 e. The maximum atomic E-state index is 11.3. The van der Waals surface area contributed by atoms with Gasteiger partial charge in [-0.2, -0.15) is 0 Å². The Morgan fingerprint density at radius 2 is 1.53 bits per heavy atom. The number of ether oxygens (including phenoxy) is 3. The molecule has 0 saturated carbocycles. The Labute approximate surface area is 88.8 Å². The van der Waals surface area contributed by atoms with Crippen LogP contribution in [0.1, 0.15) is 10.4 Å². The Kier molecular flexibility index (Phi) is 3.55. The van der Waals surface area contributed by atoms with Crippen molar-refractivity contribution in [3.63, 3.8) is 0 Å². The number of benzene rings is 1. The van der Waals surface area contributed by atoms with E-state index in [1.165, 1.54) is 21.3 Å². The topological polar surface area (TPSA) is 44.8 Å². The quantitative estimate of drug-likeness (QED) is 0.708. The number of carbonyl (C=O) groups is 1. The van der Waals surface area contributed by atoms with E-state index >= 15 is 0 Å². The lowest BCUT2D eigenvalue weighted by Crippen LogP contribution is -2.02. The van der Waals surface area contributed by atoms with Crippen LogP contribution in [0.3, 0.4) is 0 Å². The number of methoxy groups -OCH3 is 3. The number of ketones is 1. The first kappa shape index (κ1) is 11.4. The van der Waals surface area contributed by atoms with Crippen molar-refractivity contribution in [1.82, 2.24) is 0 Å². The van der Waals surface area contributed by atoms with Crippen molar-refractivity contribution >= 4 is 5.78 Å². The molecule has 15 heavy (non-hydrogen) atoms. The summed E-state index contributed by atoms with van der Waals surface area (Å²) in [5.41, 5.74) is 0.320.